The summed E-state index contributed by atoms with van der Waals surface area (Å²) < 4.78 is 35.2. The molecule has 4 rings (SSSR count). The van der Waals surface area contributed by atoms with E-state index in [1.54, 1.807) is 24.3 Å². The number of benzene rings is 2. The van der Waals surface area contributed by atoms with Crippen molar-refractivity contribution in [3.63, 3.8) is 0 Å². The minimum Gasteiger partial charge on any atom is -0.478 e. The molecule has 0 amide bonds. The van der Waals surface area contributed by atoms with Gasteiger partial charge in [0.15, 0.2) is 15.4 Å². The molecule has 6 heteroatoms. The predicted octanol–water partition coefficient (Wildman–Crippen LogP) is 3.11. The third-order valence-electron chi connectivity index (χ3n) is 5.07. The summed E-state index contributed by atoms with van der Waals surface area (Å²) in [4.78, 5) is 13.6. The molecule has 2 aliphatic heterocycles. The number of carbonyl (C=O) groups is 1. The highest BCUT2D eigenvalue weighted by molar-refractivity contribution is 7.90. The first-order valence-electron chi connectivity index (χ1n) is 8.82. The van der Waals surface area contributed by atoms with E-state index in [0.29, 0.717) is 43.0 Å². The summed E-state index contributed by atoms with van der Waals surface area (Å²) in [7, 11) is -3.29. The van der Waals surface area contributed by atoms with E-state index in [2.05, 4.69) is 0 Å². The SMILES string of the molecule is CS(=O)(=O)c1ccc(C2=C(c3ccccc3)C(=O)C3(CCOCC3)O2)cc1. The number of hydrogen-bond acceptors (Lipinski definition) is 5. The van der Waals surface area contributed by atoms with Crippen molar-refractivity contribution in [2.45, 2.75) is 23.3 Å². The van der Waals surface area contributed by atoms with Crippen molar-refractivity contribution < 1.29 is 22.7 Å². The number of hydrogen-bond donors (Lipinski definition) is 0. The number of ketones is 1. The van der Waals surface area contributed by atoms with Crippen LogP contribution in [0.3, 0.4) is 0 Å². The summed E-state index contributed by atoms with van der Waals surface area (Å²) in [6.07, 6.45) is 2.18. The Morgan fingerprint density at radius 3 is 2.11 bits per heavy atom. The highest BCUT2D eigenvalue weighted by Gasteiger charge is 2.50. The minimum absolute atomic E-state index is 0.0285. The van der Waals surface area contributed by atoms with Crippen molar-refractivity contribution in [3.8, 4) is 0 Å². The lowest BCUT2D eigenvalue weighted by Gasteiger charge is -2.32. The molecule has 0 unspecified atom stereocenters. The van der Waals surface area contributed by atoms with E-state index in [1.165, 1.54) is 6.26 Å². The van der Waals surface area contributed by atoms with Gasteiger partial charge < -0.3 is 9.47 Å². The van der Waals surface area contributed by atoms with Gasteiger partial charge in [0.25, 0.3) is 0 Å². The van der Waals surface area contributed by atoms with Crippen LogP contribution in [0.15, 0.2) is 59.5 Å². The maximum Gasteiger partial charge on any atom is 0.210 e. The first-order chi connectivity index (χ1) is 12.9. The maximum atomic E-state index is 13.4. The van der Waals surface area contributed by atoms with E-state index in [4.69, 9.17) is 9.47 Å². The van der Waals surface area contributed by atoms with Gasteiger partial charge in [0.1, 0.15) is 5.76 Å². The molecule has 1 saturated heterocycles. The van der Waals surface area contributed by atoms with Gasteiger partial charge in [-0.15, -0.1) is 0 Å². The van der Waals surface area contributed by atoms with Crippen molar-refractivity contribution in [1.82, 2.24) is 0 Å². The Morgan fingerprint density at radius 2 is 1.52 bits per heavy atom. The normalized spacial score (nSPS) is 19.4. The van der Waals surface area contributed by atoms with Crippen molar-refractivity contribution in [2.24, 2.45) is 0 Å². The lowest BCUT2D eigenvalue weighted by Crippen LogP contribution is -2.42. The van der Waals surface area contributed by atoms with Gasteiger partial charge in [-0.25, -0.2) is 8.42 Å². The van der Waals surface area contributed by atoms with Gasteiger partial charge in [0.2, 0.25) is 5.78 Å². The largest absolute Gasteiger partial charge is 0.478 e. The number of rotatable bonds is 3. The van der Waals surface area contributed by atoms with Gasteiger partial charge in [-0.3, -0.25) is 4.79 Å². The van der Waals surface area contributed by atoms with Gasteiger partial charge in [-0.05, 0) is 29.8 Å². The number of sulfone groups is 1. The lowest BCUT2D eigenvalue weighted by molar-refractivity contribution is -0.136. The molecule has 0 bridgehead atoms. The van der Waals surface area contributed by atoms with E-state index in [-0.39, 0.29) is 10.7 Å². The van der Waals surface area contributed by atoms with Gasteiger partial charge in [-0.2, -0.15) is 0 Å². The second-order valence-corrected chi connectivity index (χ2v) is 8.92. The summed E-state index contributed by atoms with van der Waals surface area (Å²) in [5.74, 6) is 0.479. The molecule has 27 heavy (non-hydrogen) atoms. The van der Waals surface area contributed by atoms with Crippen molar-refractivity contribution in [1.29, 1.82) is 0 Å². The smallest absolute Gasteiger partial charge is 0.210 e. The minimum atomic E-state index is -3.29. The topological polar surface area (TPSA) is 69.7 Å². The molecule has 2 aromatic rings. The van der Waals surface area contributed by atoms with Crippen LogP contribution in [0.1, 0.15) is 24.0 Å². The van der Waals surface area contributed by atoms with Crippen molar-refractivity contribution in [2.75, 3.05) is 19.5 Å². The highest BCUT2D eigenvalue weighted by atomic mass is 32.2. The molecule has 2 aromatic carbocycles. The first-order valence-corrected chi connectivity index (χ1v) is 10.7. The Hall–Kier alpha value is -2.44. The first kappa shape index (κ1) is 17.9. The summed E-state index contributed by atoms with van der Waals surface area (Å²) >= 11 is 0. The second-order valence-electron chi connectivity index (χ2n) is 6.90. The Labute approximate surface area is 158 Å². The zero-order chi connectivity index (χ0) is 19.1. The molecule has 1 fully saturated rings. The van der Waals surface area contributed by atoms with Crippen LogP contribution in [0.5, 0.6) is 0 Å². The highest BCUT2D eigenvalue weighted by Crippen LogP contribution is 2.45. The van der Waals surface area contributed by atoms with Gasteiger partial charge >= 0.3 is 0 Å². The molecule has 0 radical (unpaired) electrons. The third-order valence-corrected chi connectivity index (χ3v) is 6.20. The van der Waals surface area contributed by atoms with Crippen molar-refractivity contribution in [3.05, 3.63) is 65.7 Å². The zero-order valence-corrected chi connectivity index (χ0v) is 15.8. The molecule has 0 aromatic heterocycles. The lowest BCUT2D eigenvalue weighted by atomic mass is 9.85. The summed E-state index contributed by atoms with van der Waals surface area (Å²) in [5.41, 5.74) is 1.14. The van der Waals surface area contributed by atoms with Crippen LogP contribution < -0.4 is 0 Å². The van der Waals surface area contributed by atoms with Gasteiger partial charge in [-0.1, -0.05) is 30.3 Å². The second kappa shape index (κ2) is 6.62. The summed E-state index contributed by atoms with van der Waals surface area (Å²) in [6, 6.07) is 15.9. The van der Waals surface area contributed by atoms with Gasteiger partial charge in [0.05, 0.1) is 23.7 Å². The van der Waals surface area contributed by atoms with Crippen LogP contribution in [0, 0.1) is 0 Å². The summed E-state index contributed by atoms with van der Waals surface area (Å²) in [6.45, 7) is 0.961. The predicted molar refractivity (Wildman–Crippen MR) is 102 cm³/mol. The van der Waals surface area contributed by atoms with Crippen LogP contribution >= 0.6 is 0 Å². The van der Waals surface area contributed by atoms with Gasteiger partial charge in [0, 0.05) is 24.7 Å². The molecule has 2 aliphatic rings. The van der Waals surface area contributed by atoms with Crippen LogP contribution in [0.25, 0.3) is 11.3 Å². The van der Waals surface area contributed by atoms with E-state index in [0.717, 1.165) is 5.56 Å². The van der Waals surface area contributed by atoms with E-state index >= 15 is 0 Å². The fourth-order valence-corrected chi connectivity index (χ4v) is 4.21. The van der Waals surface area contributed by atoms with E-state index in [9.17, 15) is 13.2 Å². The fourth-order valence-electron chi connectivity index (χ4n) is 3.58. The fraction of sp³-hybridized carbons (Fsp3) is 0.286. The van der Waals surface area contributed by atoms with E-state index in [1.807, 2.05) is 30.3 Å². The standard InChI is InChI=1S/C21H20O5S/c1-27(23,24)17-9-7-16(8-10-17)19-18(15-5-3-2-4-6-15)20(22)21(26-19)11-13-25-14-12-21/h2-10H,11-14H2,1H3. The molecule has 0 saturated carbocycles. The monoisotopic (exact) mass is 384 g/mol. The number of Topliss-reactive ketones (excluding diaryl/α,β-unsaturated/α-hetero) is 1. The molecule has 0 N–H and O–H groups in total. The number of ether oxygens (including phenoxy) is 2. The summed E-state index contributed by atoms with van der Waals surface area (Å²) in [5, 5.41) is 0. The van der Waals surface area contributed by atoms with Crippen molar-refractivity contribution >= 4 is 27.0 Å². The number of carbonyl (C=O) groups excluding carboxylic acids is 1. The van der Waals surface area contributed by atoms with Crippen LogP contribution in [0.4, 0.5) is 0 Å². The molecular formula is C21H20O5S. The Kier molecular flexibility index (Phi) is 4.40. The quantitative estimate of drug-likeness (QED) is 0.813. The third kappa shape index (κ3) is 3.19. The van der Waals surface area contributed by atoms with Crippen LogP contribution in [-0.2, 0) is 24.1 Å². The zero-order valence-electron chi connectivity index (χ0n) is 15.0. The van der Waals surface area contributed by atoms with E-state index < -0.39 is 15.4 Å². The average molecular weight is 384 g/mol. The average Bonchev–Trinajstić information content (AvgIpc) is 2.95. The molecule has 0 aliphatic carbocycles. The Bertz CT molecular complexity index is 998. The molecule has 140 valence electrons. The van der Waals surface area contributed by atoms with Crippen LogP contribution in [-0.4, -0.2) is 39.3 Å². The Balaban J connectivity index is 1.83. The molecule has 2 heterocycles. The molecular weight excluding hydrogens is 364 g/mol. The molecule has 0 atom stereocenters. The van der Waals surface area contributed by atoms with Crippen LogP contribution in [0.2, 0.25) is 0 Å². The maximum absolute atomic E-state index is 13.4. The Morgan fingerprint density at radius 1 is 0.889 bits per heavy atom. The molecule has 5 nitrogen and oxygen atoms in total. The molecule has 1 spiro atoms.